The molecule has 0 N–H and O–H groups in total. The number of sulfonamides is 1. The van der Waals surface area contributed by atoms with Gasteiger partial charge in [0.2, 0.25) is 10.0 Å². The maximum atomic E-state index is 12.0. The van der Waals surface area contributed by atoms with Crippen molar-refractivity contribution in [3.05, 3.63) is 35.8 Å². The Hall–Kier alpha value is -2.06. The highest BCUT2D eigenvalue weighted by molar-refractivity contribution is 7.88. The third kappa shape index (κ3) is 3.23. The second-order valence-electron chi connectivity index (χ2n) is 6.58. The lowest BCUT2D eigenvalue weighted by Crippen LogP contribution is -2.37. The van der Waals surface area contributed by atoms with Crippen molar-refractivity contribution in [2.75, 3.05) is 30.8 Å². The summed E-state index contributed by atoms with van der Waals surface area (Å²) in [5.74, 6) is 1.55. The van der Waals surface area contributed by atoms with Crippen molar-refractivity contribution in [2.45, 2.75) is 25.8 Å². The van der Waals surface area contributed by atoms with Gasteiger partial charge in [0, 0.05) is 56.1 Å². The van der Waals surface area contributed by atoms with E-state index in [4.69, 9.17) is 9.97 Å². The van der Waals surface area contributed by atoms with Crippen molar-refractivity contribution in [1.82, 2.24) is 19.3 Å². The maximum Gasteiger partial charge on any atom is 0.211 e. The van der Waals surface area contributed by atoms with E-state index in [2.05, 4.69) is 9.88 Å². The van der Waals surface area contributed by atoms with Gasteiger partial charge in [-0.3, -0.25) is 4.98 Å². The Labute approximate surface area is 147 Å². The van der Waals surface area contributed by atoms with E-state index in [1.807, 2.05) is 12.1 Å². The van der Waals surface area contributed by atoms with Crippen LogP contribution in [0, 0.1) is 0 Å². The van der Waals surface area contributed by atoms with E-state index in [0.29, 0.717) is 25.3 Å². The Kier molecular flexibility index (Phi) is 4.16. The standard InChI is InChI=1S/C17H21N5O2S/c1-25(23,24)22-10-6-15-14(12-22)17(21-8-2-3-9-21)20-16(19-15)13-5-4-7-18-11-13/h4-5,7,11H,2-3,6,8-10,12H2,1H3. The summed E-state index contributed by atoms with van der Waals surface area (Å²) in [5, 5.41) is 0. The molecule has 0 atom stereocenters. The van der Waals surface area contributed by atoms with Crippen LogP contribution in [-0.2, 0) is 23.0 Å². The molecule has 1 saturated heterocycles. The predicted octanol–water partition coefficient (Wildman–Crippen LogP) is 1.46. The molecule has 0 saturated carbocycles. The quantitative estimate of drug-likeness (QED) is 0.825. The minimum Gasteiger partial charge on any atom is -0.356 e. The fraction of sp³-hybridized carbons (Fsp3) is 0.471. The lowest BCUT2D eigenvalue weighted by atomic mass is 10.1. The topological polar surface area (TPSA) is 79.3 Å². The van der Waals surface area contributed by atoms with Crippen molar-refractivity contribution in [2.24, 2.45) is 0 Å². The van der Waals surface area contributed by atoms with Crippen molar-refractivity contribution >= 4 is 15.8 Å². The van der Waals surface area contributed by atoms with Gasteiger partial charge in [-0.05, 0) is 25.0 Å². The molecule has 0 aliphatic carbocycles. The molecular formula is C17H21N5O2S. The van der Waals surface area contributed by atoms with Crippen LogP contribution in [0.5, 0.6) is 0 Å². The van der Waals surface area contributed by atoms with Gasteiger partial charge in [0.15, 0.2) is 5.82 Å². The largest absolute Gasteiger partial charge is 0.356 e. The molecule has 0 spiro atoms. The van der Waals surface area contributed by atoms with Crippen LogP contribution in [0.2, 0.25) is 0 Å². The van der Waals surface area contributed by atoms with Crippen LogP contribution in [0.15, 0.2) is 24.5 Å². The predicted molar refractivity (Wildman–Crippen MR) is 95.7 cm³/mol. The van der Waals surface area contributed by atoms with Crippen molar-refractivity contribution in [3.8, 4) is 11.4 Å². The fourth-order valence-corrected chi connectivity index (χ4v) is 4.26. The number of nitrogens with zero attached hydrogens (tertiary/aromatic N) is 5. The first-order valence-corrected chi connectivity index (χ1v) is 10.4. The summed E-state index contributed by atoms with van der Waals surface area (Å²) in [6.45, 7) is 2.73. The molecule has 2 aromatic heterocycles. The van der Waals surface area contributed by atoms with E-state index in [9.17, 15) is 8.42 Å². The molecule has 25 heavy (non-hydrogen) atoms. The molecule has 8 heteroatoms. The molecule has 2 aromatic rings. The molecule has 0 amide bonds. The van der Waals surface area contributed by atoms with Gasteiger partial charge in [-0.15, -0.1) is 0 Å². The Bertz CT molecular complexity index is 879. The molecule has 0 radical (unpaired) electrons. The molecular weight excluding hydrogens is 338 g/mol. The zero-order valence-electron chi connectivity index (χ0n) is 14.2. The first kappa shape index (κ1) is 16.4. The summed E-state index contributed by atoms with van der Waals surface area (Å²) in [7, 11) is -3.22. The summed E-state index contributed by atoms with van der Waals surface area (Å²) in [6.07, 6.45) is 7.64. The Morgan fingerprint density at radius 3 is 2.60 bits per heavy atom. The number of hydrogen-bond acceptors (Lipinski definition) is 6. The van der Waals surface area contributed by atoms with E-state index in [0.717, 1.165) is 48.6 Å². The molecule has 4 heterocycles. The van der Waals surface area contributed by atoms with Crippen LogP contribution in [-0.4, -0.2) is 53.6 Å². The first-order valence-electron chi connectivity index (χ1n) is 8.52. The van der Waals surface area contributed by atoms with Crippen LogP contribution >= 0.6 is 0 Å². The lowest BCUT2D eigenvalue weighted by molar-refractivity contribution is 0.390. The highest BCUT2D eigenvalue weighted by Crippen LogP contribution is 2.31. The second kappa shape index (κ2) is 6.34. The minimum absolute atomic E-state index is 0.354. The van der Waals surface area contributed by atoms with Gasteiger partial charge in [0.05, 0.1) is 11.9 Å². The van der Waals surface area contributed by atoms with Gasteiger partial charge in [-0.25, -0.2) is 18.4 Å². The van der Waals surface area contributed by atoms with Gasteiger partial charge >= 0.3 is 0 Å². The monoisotopic (exact) mass is 359 g/mol. The van der Waals surface area contributed by atoms with E-state index in [-0.39, 0.29) is 0 Å². The molecule has 2 aliphatic heterocycles. The summed E-state index contributed by atoms with van der Waals surface area (Å²) in [6, 6.07) is 3.83. The van der Waals surface area contributed by atoms with Crippen molar-refractivity contribution in [3.63, 3.8) is 0 Å². The Morgan fingerprint density at radius 2 is 1.92 bits per heavy atom. The Balaban J connectivity index is 1.81. The number of rotatable bonds is 3. The highest BCUT2D eigenvalue weighted by atomic mass is 32.2. The summed E-state index contributed by atoms with van der Waals surface area (Å²) >= 11 is 0. The van der Waals surface area contributed by atoms with Gasteiger partial charge < -0.3 is 4.90 Å². The van der Waals surface area contributed by atoms with Crippen LogP contribution < -0.4 is 4.90 Å². The van der Waals surface area contributed by atoms with Gasteiger partial charge in [0.1, 0.15) is 5.82 Å². The molecule has 0 aromatic carbocycles. The van der Waals surface area contributed by atoms with E-state index >= 15 is 0 Å². The van der Waals surface area contributed by atoms with E-state index in [1.165, 1.54) is 10.6 Å². The SMILES string of the molecule is CS(=O)(=O)N1CCc2nc(-c3cccnc3)nc(N3CCCC3)c2C1. The zero-order chi connectivity index (χ0) is 17.4. The molecule has 0 unspecified atom stereocenters. The molecule has 1 fully saturated rings. The first-order chi connectivity index (χ1) is 12.0. The van der Waals surface area contributed by atoms with Crippen LogP contribution in [0.25, 0.3) is 11.4 Å². The second-order valence-corrected chi connectivity index (χ2v) is 8.56. The normalized spacial score (nSPS) is 18.4. The van der Waals surface area contributed by atoms with Gasteiger partial charge in [-0.1, -0.05) is 0 Å². The van der Waals surface area contributed by atoms with Crippen LogP contribution in [0.1, 0.15) is 24.1 Å². The van der Waals surface area contributed by atoms with Crippen LogP contribution in [0.3, 0.4) is 0 Å². The third-order valence-corrected chi connectivity index (χ3v) is 6.05. The zero-order valence-corrected chi connectivity index (χ0v) is 15.0. The highest BCUT2D eigenvalue weighted by Gasteiger charge is 2.30. The summed E-state index contributed by atoms with van der Waals surface area (Å²) in [5.41, 5.74) is 2.79. The minimum atomic E-state index is -3.22. The van der Waals surface area contributed by atoms with Gasteiger partial charge in [0.25, 0.3) is 0 Å². The fourth-order valence-electron chi connectivity index (χ4n) is 3.47. The summed E-state index contributed by atoms with van der Waals surface area (Å²) < 4.78 is 25.5. The number of aromatic nitrogens is 3. The van der Waals surface area contributed by atoms with E-state index in [1.54, 1.807) is 12.4 Å². The average Bonchev–Trinajstić information content (AvgIpc) is 3.15. The van der Waals surface area contributed by atoms with Crippen LogP contribution in [0.4, 0.5) is 5.82 Å². The molecule has 0 bridgehead atoms. The number of fused-ring (bicyclic) bond motifs is 1. The summed E-state index contributed by atoms with van der Waals surface area (Å²) in [4.78, 5) is 16.0. The number of pyridine rings is 1. The Morgan fingerprint density at radius 1 is 1.12 bits per heavy atom. The molecule has 132 valence electrons. The number of hydrogen-bond donors (Lipinski definition) is 0. The van der Waals surface area contributed by atoms with E-state index < -0.39 is 10.0 Å². The smallest absolute Gasteiger partial charge is 0.211 e. The lowest BCUT2D eigenvalue weighted by Gasteiger charge is -2.30. The average molecular weight is 359 g/mol. The third-order valence-electron chi connectivity index (χ3n) is 4.80. The van der Waals surface area contributed by atoms with Crippen molar-refractivity contribution in [1.29, 1.82) is 0 Å². The molecule has 4 rings (SSSR count). The van der Waals surface area contributed by atoms with Crippen molar-refractivity contribution < 1.29 is 8.42 Å². The number of anilines is 1. The molecule has 7 nitrogen and oxygen atoms in total. The van der Waals surface area contributed by atoms with Gasteiger partial charge in [-0.2, -0.15) is 4.31 Å². The molecule has 2 aliphatic rings. The maximum absolute atomic E-state index is 12.0.